The average molecular weight is 287 g/mol. The van der Waals surface area contributed by atoms with E-state index in [0.717, 1.165) is 24.0 Å². The molecule has 21 heavy (non-hydrogen) atoms. The van der Waals surface area contributed by atoms with Crippen molar-refractivity contribution in [2.45, 2.75) is 46.6 Å². The lowest BCUT2D eigenvalue weighted by molar-refractivity contribution is 0.0937. The Labute approximate surface area is 127 Å². The number of aryl methyl sites for hydroxylation is 1. The molecule has 1 amide bonds. The standard InChI is InChI=1S/C18H25NO2/c1-13(2)7-9-15(4)19-18(21)17-10-8-14(3)16(12-17)6-5-11-20/h8,10,12-13,15,20H,7,9,11H2,1-4H3,(H,19,21). The summed E-state index contributed by atoms with van der Waals surface area (Å²) < 4.78 is 0. The van der Waals surface area contributed by atoms with Crippen LogP contribution in [0.2, 0.25) is 0 Å². The van der Waals surface area contributed by atoms with Crippen molar-refractivity contribution in [2.75, 3.05) is 6.61 Å². The summed E-state index contributed by atoms with van der Waals surface area (Å²) in [4.78, 5) is 12.2. The molecule has 0 spiro atoms. The Balaban J connectivity index is 2.74. The first kappa shape index (κ1) is 17.3. The summed E-state index contributed by atoms with van der Waals surface area (Å²) in [6.45, 7) is 8.15. The van der Waals surface area contributed by atoms with E-state index in [1.165, 1.54) is 0 Å². The molecule has 0 saturated heterocycles. The lowest BCUT2D eigenvalue weighted by atomic mass is 10.0. The van der Waals surface area contributed by atoms with Crippen LogP contribution in [0.4, 0.5) is 0 Å². The second-order valence-electron chi connectivity index (χ2n) is 5.84. The van der Waals surface area contributed by atoms with E-state index in [9.17, 15) is 4.79 Å². The number of hydrogen-bond donors (Lipinski definition) is 2. The first-order valence-electron chi connectivity index (χ1n) is 7.45. The number of nitrogens with one attached hydrogen (secondary N) is 1. The van der Waals surface area contributed by atoms with E-state index in [1.54, 1.807) is 6.07 Å². The fraction of sp³-hybridized carbons (Fsp3) is 0.500. The third-order valence-corrected chi connectivity index (χ3v) is 3.36. The summed E-state index contributed by atoms with van der Waals surface area (Å²) in [5.74, 6) is 6.06. The summed E-state index contributed by atoms with van der Waals surface area (Å²) in [5, 5.41) is 11.8. The van der Waals surface area contributed by atoms with E-state index in [-0.39, 0.29) is 18.6 Å². The Morgan fingerprint density at radius 2 is 2.00 bits per heavy atom. The van der Waals surface area contributed by atoms with Gasteiger partial charge in [-0.15, -0.1) is 0 Å². The summed E-state index contributed by atoms with van der Waals surface area (Å²) >= 11 is 0. The van der Waals surface area contributed by atoms with Crippen LogP contribution in [0.5, 0.6) is 0 Å². The number of carbonyl (C=O) groups excluding carboxylic acids is 1. The zero-order valence-electron chi connectivity index (χ0n) is 13.4. The van der Waals surface area contributed by atoms with Gasteiger partial charge in [0.05, 0.1) is 0 Å². The van der Waals surface area contributed by atoms with E-state index in [1.807, 2.05) is 26.0 Å². The minimum absolute atomic E-state index is 0.0710. The zero-order chi connectivity index (χ0) is 15.8. The maximum Gasteiger partial charge on any atom is 0.251 e. The lowest BCUT2D eigenvalue weighted by Gasteiger charge is -2.15. The molecular weight excluding hydrogens is 262 g/mol. The quantitative estimate of drug-likeness (QED) is 0.818. The van der Waals surface area contributed by atoms with Crippen LogP contribution in [0.25, 0.3) is 0 Å². The van der Waals surface area contributed by atoms with Crippen LogP contribution < -0.4 is 5.32 Å². The largest absolute Gasteiger partial charge is 0.384 e. The maximum absolute atomic E-state index is 12.2. The minimum atomic E-state index is -0.178. The third-order valence-electron chi connectivity index (χ3n) is 3.36. The van der Waals surface area contributed by atoms with Crippen LogP contribution >= 0.6 is 0 Å². The van der Waals surface area contributed by atoms with Gasteiger partial charge in [-0.3, -0.25) is 4.79 Å². The molecule has 1 aromatic rings. The molecule has 1 aromatic carbocycles. The SMILES string of the molecule is Cc1ccc(C(=O)NC(C)CCC(C)C)cc1C#CCO. The van der Waals surface area contributed by atoms with Crippen molar-refractivity contribution in [2.24, 2.45) is 5.92 Å². The first-order chi connectivity index (χ1) is 9.93. The van der Waals surface area contributed by atoms with E-state index in [4.69, 9.17) is 5.11 Å². The molecule has 0 aliphatic rings. The Kier molecular flexibility index (Phi) is 6.98. The van der Waals surface area contributed by atoms with Gasteiger partial charge in [-0.1, -0.05) is 31.8 Å². The van der Waals surface area contributed by atoms with Gasteiger partial charge in [-0.05, 0) is 50.3 Å². The van der Waals surface area contributed by atoms with E-state index >= 15 is 0 Å². The Morgan fingerprint density at radius 1 is 1.29 bits per heavy atom. The second kappa shape index (κ2) is 8.49. The molecule has 0 radical (unpaired) electrons. The van der Waals surface area contributed by atoms with Gasteiger partial charge >= 0.3 is 0 Å². The molecule has 3 heteroatoms. The highest BCUT2D eigenvalue weighted by atomic mass is 16.2. The maximum atomic E-state index is 12.2. The van der Waals surface area contributed by atoms with Crippen molar-refractivity contribution in [1.29, 1.82) is 0 Å². The highest BCUT2D eigenvalue weighted by Crippen LogP contribution is 2.11. The Morgan fingerprint density at radius 3 is 2.62 bits per heavy atom. The van der Waals surface area contributed by atoms with Crippen LogP contribution in [-0.4, -0.2) is 23.7 Å². The van der Waals surface area contributed by atoms with Crippen LogP contribution in [-0.2, 0) is 0 Å². The monoisotopic (exact) mass is 287 g/mol. The summed E-state index contributed by atoms with van der Waals surface area (Å²) in [6, 6.07) is 5.63. The number of aliphatic hydroxyl groups excluding tert-OH is 1. The predicted molar refractivity (Wildman–Crippen MR) is 86.1 cm³/mol. The van der Waals surface area contributed by atoms with Crippen molar-refractivity contribution < 1.29 is 9.90 Å². The van der Waals surface area contributed by atoms with E-state index in [2.05, 4.69) is 31.0 Å². The molecular formula is C18H25NO2. The average Bonchev–Trinajstić information content (AvgIpc) is 2.44. The molecule has 114 valence electrons. The number of aliphatic hydroxyl groups is 1. The van der Waals surface area contributed by atoms with E-state index in [0.29, 0.717) is 11.5 Å². The van der Waals surface area contributed by atoms with Gasteiger partial charge < -0.3 is 10.4 Å². The molecule has 1 unspecified atom stereocenters. The van der Waals surface area contributed by atoms with Gasteiger partial charge in [-0.2, -0.15) is 0 Å². The van der Waals surface area contributed by atoms with Crippen LogP contribution in [0.15, 0.2) is 18.2 Å². The minimum Gasteiger partial charge on any atom is -0.384 e. The van der Waals surface area contributed by atoms with E-state index < -0.39 is 0 Å². The lowest BCUT2D eigenvalue weighted by Crippen LogP contribution is -2.32. The van der Waals surface area contributed by atoms with Gasteiger partial charge in [0.15, 0.2) is 0 Å². The fourth-order valence-electron chi connectivity index (χ4n) is 2.00. The number of carbonyl (C=O) groups is 1. The zero-order valence-corrected chi connectivity index (χ0v) is 13.4. The van der Waals surface area contributed by atoms with Gasteiger partial charge in [0.25, 0.3) is 5.91 Å². The number of amides is 1. The van der Waals surface area contributed by atoms with Crippen molar-refractivity contribution in [3.8, 4) is 11.8 Å². The molecule has 1 rings (SSSR count). The smallest absolute Gasteiger partial charge is 0.251 e. The molecule has 0 bridgehead atoms. The number of benzene rings is 1. The first-order valence-corrected chi connectivity index (χ1v) is 7.45. The predicted octanol–water partition coefficient (Wildman–Crippen LogP) is 2.89. The molecule has 3 nitrogen and oxygen atoms in total. The molecule has 0 heterocycles. The highest BCUT2D eigenvalue weighted by molar-refractivity contribution is 5.94. The summed E-state index contributed by atoms with van der Waals surface area (Å²) in [6.07, 6.45) is 2.08. The van der Waals surface area contributed by atoms with Crippen molar-refractivity contribution in [3.63, 3.8) is 0 Å². The normalized spacial score (nSPS) is 11.7. The van der Waals surface area contributed by atoms with Crippen LogP contribution in [0.3, 0.4) is 0 Å². The molecule has 0 aliphatic carbocycles. The van der Waals surface area contributed by atoms with Gasteiger partial charge in [0.1, 0.15) is 6.61 Å². The number of rotatable bonds is 5. The second-order valence-corrected chi connectivity index (χ2v) is 5.84. The van der Waals surface area contributed by atoms with Gasteiger partial charge in [0, 0.05) is 17.2 Å². The summed E-state index contributed by atoms with van der Waals surface area (Å²) in [5.41, 5.74) is 2.39. The molecule has 1 atom stereocenters. The van der Waals surface area contributed by atoms with Gasteiger partial charge in [-0.25, -0.2) is 0 Å². The molecule has 0 aromatic heterocycles. The van der Waals surface area contributed by atoms with Gasteiger partial charge in [0.2, 0.25) is 0 Å². The van der Waals surface area contributed by atoms with Crippen molar-refractivity contribution in [3.05, 3.63) is 34.9 Å². The van der Waals surface area contributed by atoms with Crippen LogP contribution in [0, 0.1) is 24.7 Å². The van der Waals surface area contributed by atoms with Crippen LogP contribution in [0.1, 0.15) is 55.1 Å². The Hall–Kier alpha value is -1.79. The molecule has 2 N–H and O–H groups in total. The summed E-state index contributed by atoms with van der Waals surface area (Å²) in [7, 11) is 0. The van der Waals surface area contributed by atoms with Crippen molar-refractivity contribution >= 4 is 5.91 Å². The molecule has 0 aliphatic heterocycles. The molecule has 0 fully saturated rings. The topological polar surface area (TPSA) is 49.3 Å². The highest BCUT2D eigenvalue weighted by Gasteiger charge is 2.11. The third kappa shape index (κ3) is 6.01. The fourth-order valence-corrected chi connectivity index (χ4v) is 2.00. The number of hydrogen-bond acceptors (Lipinski definition) is 2. The Bertz CT molecular complexity index is 538. The molecule has 0 saturated carbocycles. The van der Waals surface area contributed by atoms with Crippen molar-refractivity contribution in [1.82, 2.24) is 5.32 Å².